The third-order valence-corrected chi connectivity index (χ3v) is 5.99. The smallest absolute Gasteiger partial charge is 0.228 e. The molecule has 1 unspecified atom stereocenters. The number of hydrogen-bond donors (Lipinski definition) is 1. The largest absolute Gasteiger partial charge is 0.326 e. The molecule has 1 fully saturated rings. The van der Waals surface area contributed by atoms with Crippen LogP contribution in [0.25, 0.3) is 0 Å². The van der Waals surface area contributed by atoms with Crippen molar-refractivity contribution in [2.45, 2.75) is 39.5 Å². The number of hydrogen-bond acceptors (Lipinski definition) is 1. The highest BCUT2D eigenvalue weighted by Gasteiger charge is 2.60. The summed E-state index contributed by atoms with van der Waals surface area (Å²) in [5.41, 5.74) is 7.85. The Labute approximate surface area is 167 Å². The van der Waals surface area contributed by atoms with E-state index in [0.29, 0.717) is 0 Å². The minimum absolute atomic E-state index is 0.0592. The molecule has 1 N–H and O–H groups in total. The van der Waals surface area contributed by atoms with Crippen LogP contribution in [0.2, 0.25) is 0 Å². The first-order chi connectivity index (χ1) is 13.4. The van der Waals surface area contributed by atoms with Crippen LogP contribution in [-0.4, -0.2) is 5.91 Å². The van der Waals surface area contributed by atoms with Gasteiger partial charge in [0.15, 0.2) is 0 Å². The van der Waals surface area contributed by atoms with Gasteiger partial charge in [0.1, 0.15) is 0 Å². The lowest BCUT2D eigenvalue weighted by Crippen LogP contribution is -2.22. The Kier molecular flexibility index (Phi) is 4.58. The van der Waals surface area contributed by atoms with Gasteiger partial charge in [0.05, 0.1) is 5.92 Å². The van der Waals surface area contributed by atoms with Crippen molar-refractivity contribution in [3.63, 3.8) is 0 Å². The van der Waals surface area contributed by atoms with E-state index in [9.17, 15) is 4.79 Å². The number of anilines is 1. The first-order valence-electron chi connectivity index (χ1n) is 9.92. The van der Waals surface area contributed by atoms with Gasteiger partial charge in [-0.05, 0) is 62.4 Å². The van der Waals surface area contributed by atoms with E-state index < -0.39 is 0 Å². The van der Waals surface area contributed by atoms with Crippen LogP contribution < -0.4 is 5.32 Å². The third-order valence-electron chi connectivity index (χ3n) is 5.99. The molecule has 0 spiro atoms. The summed E-state index contributed by atoms with van der Waals surface area (Å²) in [5, 5.41) is 3.20. The predicted molar refractivity (Wildman–Crippen MR) is 116 cm³/mol. The second-order valence-electron chi connectivity index (χ2n) is 8.27. The molecule has 0 saturated heterocycles. The zero-order valence-electron chi connectivity index (χ0n) is 17.0. The van der Waals surface area contributed by atoms with Crippen LogP contribution in [0, 0.1) is 33.6 Å². The number of carbonyl (C=O) groups excluding carboxylic acids is 1. The zero-order valence-corrected chi connectivity index (χ0v) is 17.0. The minimum atomic E-state index is -0.236. The van der Waals surface area contributed by atoms with E-state index in [1.54, 1.807) is 0 Å². The van der Waals surface area contributed by atoms with Gasteiger partial charge in [-0.1, -0.05) is 71.8 Å². The molecule has 2 nitrogen and oxygen atoms in total. The Morgan fingerprint density at radius 1 is 0.821 bits per heavy atom. The predicted octanol–water partition coefficient (Wildman–Crippen LogP) is 5.86. The molecule has 0 aromatic heterocycles. The molecule has 3 aromatic rings. The first kappa shape index (κ1) is 18.5. The van der Waals surface area contributed by atoms with Crippen molar-refractivity contribution in [1.82, 2.24) is 0 Å². The van der Waals surface area contributed by atoms with Gasteiger partial charge in [0.2, 0.25) is 5.91 Å². The van der Waals surface area contributed by atoms with Crippen LogP contribution in [0.5, 0.6) is 0 Å². The molecule has 1 amide bonds. The maximum Gasteiger partial charge on any atom is 0.228 e. The average Bonchev–Trinajstić information content (AvgIpc) is 3.42. The van der Waals surface area contributed by atoms with Crippen molar-refractivity contribution in [3.8, 4) is 0 Å². The van der Waals surface area contributed by atoms with Crippen molar-refractivity contribution >= 4 is 11.6 Å². The number of carbonyl (C=O) groups is 1. The Morgan fingerprint density at radius 3 is 1.96 bits per heavy atom. The summed E-state index contributed by atoms with van der Waals surface area (Å²) in [6, 6.07) is 23.4. The van der Waals surface area contributed by atoms with Crippen molar-refractivity contribution in [2.24, 2.45) is 5.92 Å². The molecule has 1 aliphatic carbocycles. The van der Waals surface area contributed by atoms with E-state index in [1.165, 1.54) is 22.3 Å². The Bertz CT molecular complexity index is 1000. The summed E-state index contributed by atoms with van der Waals surface area (Å²) >= 11 is 0. The molecule has 1 aliphatic rings. The Morgan fingerprint density at radius 2 is 1.39 bits per heavy atom. The summed E-state index contributed by atoms with van der Waals surface area (Å²) in [5.74, 6) is 0.0488. The average molecular weight is 370 g/mol. The fraction of sp³-hybridized carbons (Fsp3) is 0.269. The summed E-state index contributed by atoms with van der Waals surface area (Å²) in [4.78, 5) is 13.3. The molecule has 2 heteroatoms. The topological polar surface area (TPSA) is 29.1 Å². The summed E-state index contributed by atoms with van der Waals surface area (Å²) in [6.45, 7) is 8.31. The van der Waals surface area contributed by atoms with E-state index in [1.807, 2.05) is 6.92 Å². The maximum atomic E-state index is 13.3. The molecule has 1 saturated carbocycles. The molecule has 4 rings (SSSR count). The van der Waals surface area contributed by atoms with Crippen LogP contribution in [0.15, 0.2) is 66.7 Å². The van der Waals surface area contributed by atoms with Crippen molar-refractivity contribution in [1.29, 1.82) is 0 Å². The van der Waals surface area contributed by atoms with E-state index in [0.717, 1.165) is 23.2 Å². The fourth-order valence-electron chi connectivity index (χ4n) is 4.32. The van der Waals surface area contributed by atoms with Gasteiger partial charge < -0.3 is 5.32 Å². The molecular formula is C26H27NO. The number of aryl methyl sites for hydroxylation is 4. The Balaban J connectivity index is 1.71. The summed E-state index contributed by atoms with van der Waals surface area (Å²) in [6.07, 6.45) is 0.844. The SMILES string of the molecule is Cc1cccc(C2(c3cccc(C)c3)CC2C(=O)Nc2cc(C)ccc2C)c1. The highest BCUT2D eigenvalue weighted by Crippen LogP contribution is 2.59. The molecule has 0 bridgehead atoms. The first-order valence-corrected chi connectivity index (χ1v) is 9.92. The normalized spacial score (nSPS) is 17.2. The Hall–Kier alpha value is -2.87. The van der Waals surface area contributed by atoms with Crippen molar-refractivity contribution in [2.75, 3.05) is 5.32 Å². The summed E-state index contributed by atoms with van der Waals surface area (Å²) < 4.78 is 0. The van der Waals surface area contributed by atoms with Gasteiger partial charge in [-0.25, -0.2) is 0 Å². The standard InChI is InChI=1S/C26H27NO/c1-17-7-5-9-21(13-17)26(22-10-6-8-18(2)14-22)16-23(26)25(28)27-24-15-19(3)11-12-20(24)4/h5-15,23H,16H2,1-4H3,(H,27,28). The molecule has 28 heavy (non-hydrogen) atoms. The van der Waals surface area contributed by atoms with Gasteiger partial charge in [-0.2, -0.15) is 0 Å². The highest BCUT2D eigenvalue weighted by atomic mass is 16.2. The van der Waals surface area contributed by atoms with Gasteiger partial charge in [-0.15, -0.1) is 0 Å². The van der Waals surface area contributed by atoms with Crippen LogP contribution in [-0.2, 0) is 10.2 Å². The molecule has 142 valence electrons. The molecular weight excluding hydrogens is 342 g/mol. The lowest BCUT2D eigenvalue weighted by Gasteiger charge is -2.20. The zero-order chi connectivity index (χ0) is 19.9. The van der Waals surface area contributed by atoms with Crippen LogP contribution in [0.4, 0.5) is 5.69 Å². The van der Waals surface area contributed by atoms with Gasteiger partial charge >= 0.3 is 0 Å². The second kappa shape index (κ2) is 6.94. The minimum Gasteiger partial charge on any atom is -0.326 e. The van der Waals surface area contributed by atoms with E-state index in [-0.39, 0.29) is 17.2 Å². The maximum absolute atomic E-state index is 13.3. The van der Waals surface area contributed by atoms with E-state index >= 15 is 0 Å². The second-order valence-corrected chi connectivity index (χ2v) is 8.27. The van der Waals surface area contributed by atoms with Crippen LogP contribution in [0.1, 0.15) is 39.8 Å². The lowest BCUT2D eigenvalue weighted by atomic mass is 9.84. The molecule has 1 atom stereocenters. The molecule has 0 aliphatic heterocycles. The van der Waals surface area contributed by atoms with Gasteiger partial charge in [-0.3, -0.25) is 4.79 Å². The number of rotatable bonds is 4. The third kappa shape index (κ3) is 3.24. The van der Waals surface area contributed by atoms with Gasteiger partial charge in [0.25, 0.3) is 0 Å². The highest BCUT2D eigenvalue weighted by molar-refractivity contribution is 5.97. The molecule has 0 heterocycles. The number of nitrogens with one attached hydrogen (secondary N) is 1. The van der Waals surface area contributed by atoms with E-state index in [4.69, 9.17) is 0 Å². The van der Waals surface area contributed by atoms with Crippen LogP contribution in [0.3, 0.4) is 0 Å². The van der Waals surface area contributed by atoms with Gasteiger partial charge in [0, 0.05) is 11.1 Å². The van der Waals surface area contributed by atoms with Crippen molar-refractivity contribution < 1.29 is 4.79 Å². The molecule has 3 aromatic carbocycles. The lowest BCUT2D eigenvalue weighted by molar-refractivity contribution is -0.117. The fourth-order valence-corrected chi connectivity index (χ4v) is 4.32. The molecule has 0 radical (unpaired) electrons. The van der Waals surface area contributed by atoms with Crippen LogP contribution >= 0.6 is 0 Å². The summed E-state index contributed by atoms with van der Waals surface area (Å²) in [7, 11) is 0. The van der Waals surface area contributed by atoms with Crippen molar-refractivity contribution in [3.05, 3.63) is 100 Å². The quantitative estimate of drug-likeness (QED) is 0.613. The number of amides is 1. The van der Waals surface area contributed by atoms with E-state index in [2.05, 4.69) is 92.8 Å². The number of benzene rings is 3. The monoisotopic (exact) mass is 369 g/mol.